The average Bonchev–Trinajstić information content (AvgIpc) is 1.94. The summed E-state index contributed by atoms with van der Waals surface area (Å²) >= 11 is 10.7. The third kappa shape index (κ3) is 1.78. The molecule has 0 saturated carbocycles. The van der Waals surface area contributed by atoms with Crippen LogP contribution in [0.5, 0.6) is 0 Å². The average molecular weight is 192 g/mol. The summed E-state index contributed by atoms with van der Waals surface area (Å²) in [5.74, 6) is -1.43. The van der Waals surface area contributed by atoms with Crippen molar-refractivity contribution >= 4 is 29.2 Å². The summed E-state index contributed by atoms with van der Waals surface area (Å²) < 4.78 is 0. The Morgan fingerprint density at radius 3 is 2.55 bits per heavy atom. The predicted octanol–water partition coefficient (Wildman–Crippen LogP) is 0.147. The largest absolute Gasteiger partial charge is 0.543 e. The van der Waals surface area contributed by atoms with Crippen molar-refractivity contribution in [1.82, 2.24) is 9.97 Å². The Morgan fingerprint density at radius 2 is 2.09 bits per heavy atom. The number of halogens is 2. The van der Waals surface area contributed by atoms with Crippen LogP contribution in [0, 0.1) is 0 Å². The van der Waals surface area contributed by atoms with Gasteiger partial charge in [0.25, 0.3) is 0 Å². The fourth-order valence-corrected chi connectivity index (χ4v) is 0.681. The quantitative estimate of drug-likeness (QED) is 0.634. The van der Waals surface area contributed by atoms with Gasteiger partial charge in [-0.1, -0.05) is 23.2 Å². The number of aromatic carboxylic acids is 1. The van der Waals surface area contributed by atoms with E-state index in [-0.39, 0.29) is 16.0 Å². The van der Waals surface area contributed by atoms with E-state index < -0.39 is 5.97 Å². The number of hydrogen-bond acceptors (Lipinski definition) is 4. The molecule has 0 aliphatic rings. The number of carbonyl (C=O) groups is 1. The first-order valence-corrected chi connectivity index (χ1v) is 3.26. The van der Waals surface area contributed by atoms with Gasteiger partial charge in [0.05, 0.1) is 12.2 Å². The highest BCUT2D eigenvalue weighted by Gasteiger charge is 2.02. The molecule has 58 valence electrons. The molecular weight excluding hydrogens is 191 g/mol. The summed E-state index contributed by atoms with van der Waals surface area (Å²) in [4.78, 5) is 17.0. The van der Waals surface area contributed by atoms with E-state index in [2.05, 4.69) is 9.97 Å². The minimum Gasteiger partial charge on any atom is -0.543 e. The van der Waals surface area contributed by atoms with Crippen molar-refractivity contribution in [3.63, 3.8) is 0 Å². The van der Waals surface area contributed by atoms with Crippen molar-refractivity contribution in [1.29, 1.82) is 0 Å². The number of carboxylic acids is 1. The van der Waals surface area contributed by atoms with Gasteiger partial charge in [0, 0.05) is 0 Å². The third-order valence-corrected chi connectivity index (χ3v) is 1.54. The van der Waals surface area contributed by atoms with E-state index in [9.17, 15) is 9.90 Å². The number of carboxylic acid groups (broad SMARTS) is 1. The molecule has 1 rings (SSSR count). The standard InChI is InChI=1S/C5H2Cl2N2O2/c6-3-4(7)9-2(1-8-3)5(10)11/h1H,(H,10,11)/p-1. The molecule has 0 saturated heterocycles. The number of hydrogen-bond donors (Lipinski definition) is 0. The lowest BCUT2D eigenvalue weighted by atomic mass is 10.5. The SMILES string of the molecule is O=C([O-])c1cnc(Cl)c(Cl)n1. The Labute approximate surface area is 71.8 Å². The molecule has 0 amide bonds. The van der Waals surface area contributed by atoms with Crippen LogP contribution < -0.4 is 5.11 Å². The maximum absolute atomic E-state index is 10.1. The van der Waals surface area contributed by atoms with Crippen LogP contribution in [0.15, 0.2) is 6.20 Å². The lowest BCUT2D eigenvalue weighted by molar-refractivity contribution is -0.255. The molecule has 0 aliphatic carbocycles. The van der Waals surface area contributed by atoms with Crippen LogP contribution in [0.1, 0.15) is 10.5 Å². The Kier molecular flexibility index (Phi) is 2.26. The molecule has 0 bridgehead atoms. The molecule has 1 aromatic heterocycles. The molecule has 6 heteroatoms. The molecule has 0 atom stereocenters. The van der Waals surface area contributed by atoms with Crippen molar-refractivity contribution in [2.24, 2.45) is 0 Å². The summed E-state index contributed by atoms with van der Waals surface area (Å²) in [6.07, 6.45) is 0.976. The predicted molar refractivity (Wildman–Crippen MR) is 36.4 cm³/mol. The highest BCUT2D eigenvalue weighted by atomic mass is 35.5. The van der Waals surface area contributed by atoms with E-state index in [4.69, 9.17) is 23.2 Å². The first-order valence-electron chi connectivity index (χ1n) is 2.50. The van der Waals surface area contributed by atoms with Gasteiger partial charge in [-0.15, -0.1) is 0 Å². The molecular formula is C5HCl2N2O2-. The third-order valence-electron chi connectivity index (χ3n) is 0.898. The highest BCUT2D eigenvalue weighted by Crippen LogP contribution is 2.15. The van der Waals surface area contributed by atoms with Crippen molar-refractivity contribution in [3.05, 3.63) is 22.2 Å². The molecule has 0 aliphatic heterocycles. The molecule has 1 aromatic rings. The van der Waals surface area contributed by atoms with Gasteiger partial charge in [0.15, 0.2) is 10.3 Å². The van der Waals surface area contributed by atoms with E-state index >= 15 is 0 Å². The van der Waals surface area contributed by atoms with Gasteiger partial charge >= 0.3 is 0 Å². The van der Waals surface area contributed by atoms with E-state index in [1.165, 1.54) is 0 Å². The summed E-state index contributed by atoms with van der Waals surface area (Å²) in [7, 11) is 0. The van der Waals surface area contributed by atoms with E-state index in [1.54, 1.807) is 0 Å². The smallest absolute Gasteiger partial charge is 0.167 e. The highest BCUT2D eigenvalue weighted by molar-refractivity contribution is 6.40. The first kappa shape index (κ1) is 8.23. The second kappa shape index (κ2) is 3.02. The Bertz CT molecular complexity index is 303. The van der Waals surface area contributed by atoms with Gasteiger partial charge < -0.3 is 9.90 Å². The van der Waals surface area contributed by atoms with Crippen molar-refractivity contribution in [2.45, 2.75) is 0 Å². The minimum absolute atomic E-state index is 0.0309. The van der Waals surface area contributed by atoms with Crippen LogP contribution in [-0.2, 0) is 0 Å². The Balaban J connectivity index is 3.15. The number of aromatic nitrogens is 2. The summed E-state index contributed by atoms with van der Waals surface area (Å²) in [6.45, 7) is 0. The van der Waals surface area contributed by atoms with Gasteiger partial charge in [-0.3, -0.25) is 0 Å². The van der Waals surface area contributed by atoms with Gasteiger partial charge in [-0.2, -0.15) is 0 Å². The van der Waals surface area contributed by atoms with E-state index in [1.807, 2.05) is 0 Å². The molecule has 0 radical (unpaired) electrons. The molecule has 11 heavy (non-hydrogen) atoms. The van der Waals surface area contributed by atoms with Gasteiger partial charge in [0.2, 0.25) is 0 Å². The molecule has 4 nitrogen and oxygen atoms in total. The van der Waals surface area contributed by atoms with Gasteiger partial charge in [-0.25, -0.2) is 9.97 Å². The second-order valence-electron chi connectivity index (χ2n) is 1.62. The van der Waals surface area contributed by atoms with E-state index in [0.29, 0.717) is 0 Å². The van der Waals surface area contributed by atoms with Crippen molar-refractivity contribution in [3.8, 4) is 0 Å². The number of carbonyl (C=O) groups excluding carboxylic acids is 1. The van der Waals surface area contributed by atoms with Crippen LogP contribution in [0.3, 0.4) is 0 Å². The lowest BCUT2D eigenvalue weighted by Crippen LogP contribution is -2.23. The van der Waals surface area contributed by atoms with Crippen LogP contribution in [0.4, 0.5) is 0 Å². The van der Waals surface area contributed by atoms with Crippen LogP contribution >= 0.6 is 23.2 Å². The fraction of sp³-hybridized carbons (Fsp3) is 0. The zero-order valence-corrected chi connectivity index (χ0v) is 6.56. The van der Waals surface area contributed by atoms with Crippen molar-refractivity contribution in [2.75, 3.05) is 0 Å². The minimum atomic E-state index is -1.43. The second-order valence-corrected chi connectivity index (χ2v) is 2.34. The Morgan fingerprint density at radius 1 is 1.45 bits per heavy atom. The van der Waals surface area contributed by atoms with Gasteiger partial charge in [-0.05, 0) is 0 Å². The summed E-state index contributed by atoms with van der Waals surface area (Å²) in [5.41, 5.74) is -0.334. The van der Waals surface area contributed by atoms with Gasteiger partial charge in [0.1, 0.15) is 5.69 Å². The maximum Gasteiger partial charge on any atom is 0.167 e. The maximum atomic E-state index is 10.1. The number of nitrogens with zero attached hydrogens (tertiary/aromatic N) is 2. The van der Waals surface area contributed by atoms with Crippen molar-refractivity contribution < 1.29 is 9.90 Å². The molecule has 0 spiro atoms. The topological polar surface area (TPSA) is 65.9 Å². The Hall–Kier alpha value is -0.870. The number of rotatable bonds is 1. The van der Waals surface area contributed by atoms with Crippen LogP contribution in [-0.4, -0.2) is 15.9 Å². The zero-order valence-electron chi connectivity index (χ0n) is 5.04. The molecule has 0 fully saturated rings. The summed E-state index contributed by atoms with van der Waals surface area (Å²) in [6, 6.07) is 0. The first-order chi connectivity index (χ1) is 5.11. The molecule has 0 N–H and O–H groups in total. The molecule has 1 heterocycles. The van der Waals surface area contributed by atoms with Crippen LogP contribution in [0.25, 0.3) is 0 Å². The van der Waals surface area contributed by atoms with Crippen LogP contribution in [0.2, 0.25) is 10.3 Å². The zero-order chi connectivity index (χ0) is 8.43. The molecule has 0 aromatic carbocycles. The molecule has 0 unspecified atom stereocenters. The summed E-state index contributed by atoms with van der Waals surface area (Å²) in [5, 5.41) is 9.97. The fourth-order valence-electron chi connectivity index (χ4n) is 0.450. The lowest BCUT2D eigenvalue weighted by Gasteiger charge is -2.00. The monoisotopic (exact) mass is 191 g/mol. The normalized spacial score (nSPS) is 9.64. The van der Waals surface area contributed by atoms with E-state index in [0.717, 1.165) is 6.20 Å².